The molecule has 18 heavy (non-hydrogen) atoms. The summed E-state index contributed by atoms with van der Waals surface area (Å²) in [5.74, 6) is -1.15. The number of amides is 1. The Morgan fingerprint density at radius 3 is 2.72 bits per heavy atom. The van der Waals surface area contributed by atoms with Crippen molar-refractivity contribution in [1.82, 2.24) is 0 Å². The van der Waals surface area contributed by atoms with Gasteiger partial charge in [-0.05, 0) is 6.07 Å². The Morgan fingerprint density at radius 2 is 2.22 bits per heavy atom. The van der Waals surface area contributed by atoms with Crippen LogP contribution in [-0.4, -0.2) is 22.6 Å². The van der Waals surface area contributed by atoms with Crippen molar-refractivity contribution < 1.29 is 14.1 Å². The number of rotatable bonds is 2. The summed E-state index contributed by atoms with van der Waals surface area (Å²) in [6, 6.07) is 1.90. The Hall–Kier alpha value is -1.34. The van der Waals surface area contributed by atoms with E-state index in [1.165, 1.54) is 0 Å². The summed E-state index contributed by atoms with van der Waals surface area (Å²) in [4.78, 5) is 23.0. The third kappa shape index (κ3) is 2.15. The van der Waals surface area contributed by atoms with E-state index in [1.807, 2.05) is 0 Å². The molecule has 0 aromatic heterocycles. The van der Waals surface area contributed by atoms with Crippen molar-refractivity contribution in [1.29, 1.82) is 0 Å². The van der Waals surface area contributed by atoms with Gasteiger partial charge in [0, 0.05) is 24.3 Å². The third-order valence-electron chi connectivity index (χ3n) is 2.62. The number of carbonyl (C=O) groups is 1. The van der Waals surface area contributed by atoms with Crippen LogP contribution in [0.15, 0.2) is 12.1 Å². The summed E-state index contributed by atoms with van der Waals surface area (Å²) in [6.07, 6.45) is 0.146. The van der Waals surface area contributed by atoms with Crippen molar-refractivity contribution >= 4 is 41.5 Å². The van der Waals surface area contributed by atoms with Gasteiger partial charge in [-0.2, -0.15) is 12.6 Å². The van der Waals surface area contributed by atoms with E-state index in [9.17, 15) is 19.3 Å². The van der Waals surface area contributed by atoms with Gasteiger partial charge in [0.15, 0.2) is 0 Å². The highest BCUT2D eigenvalue weighted by atomic mass is 35.5. The normalized spacial score (nSPS) is 19.4. The minimum atomic E-state index is -0.798. The molecular weight excluding hydrogens is 283 g/mol. The standard InChI is InChI=1S/C10H8ClFN2O3S/c11-9-6(12)1-2-7(14(16)17)10(9)13-4-5(18)3-8(13)15/h1-2,5,18H,3-4H2. The Balaban J connectivity index is 2.58. The Morgan fingerprint density at radius 1 is 1.56 bits per heavy atom. The second-order valence-electron chi connectivity index (χ2n) is 3.85. The number of nitro benzene ring substituents is 1. The van der Waals surface area contributed by atoms with E-state index in [4.69, 9.17) is 11.6 Å². The number of carbonyl (C=O) groups excluding carboxylic acids is 1. The lowest BCUT2D eigenvalue weighted by molar-refractivity contribution is -0.384. The Kier molecular flexibility index (Phi) is 3.45. The fourth-order valence-corrected chi connectivity index (χ4v) is 2.42. The molecule has 0 radical (unpaired) electrons. The number of hydrogen-bond acceptors (Lipinski definition) is 4. The van der Waals surface area contributed by atoms with Gasteiger partial charge in [0.05, 0.1) is 4.92 Å². The molecule has 1 atom stereocenters. The van der Waals surface area contributed by atoms with E-state index < -0.39 is 21.5 Å². The molecule has 2 rings (SSSR count). The van der Waals surface area contributed by atoms with Crippen molar-refractivity contribution in [2.75, 3.05) is 11.4 Å². The highest BCUT2D eigenvalue weighted by Gasteiger charge is 2.35. The first-order valence-corrected chi connectivity index (χ1v) is 5.92. The number of nitro groups is 1. The fraction of sp³-hybridized carbons (Fsp3) is 0.300. The van der Waals surface area contributed by atoms with E-state index in [0.717, 1.165) is 17.0 Å². The first-order valence-electron chi connectivity index (χ1n) is 5.02. The maximum absolute atomic E-state index is 13.4. The van der Waals surface area contributed by atoms with E-state index >= 15 is 0 Å². The predicted octanol–water partition coefficient (Wildman–Crippen LogP) is 2.42. The molecule has 5 nitrogen and oxygen atoms in total. The highest BCUT2D eigenvalue weighted by molar-refractivity contribution is 7.81. The second kappa shape index (κ2) is 4.74. The maximum atomic E-state index is 13.4. The zero-order valence-electron chi connectivity index (χ0n) is 8.97. The van der Waals surface area contributed by atoms with Gasteiger partial charge in [0.1, 0.15) is 16.5 Å². The zero-order valence-corrected chi connectivity index (χ0v) is 10.6. The zero-order chi connectivity index (χ0) is 13.4. The molecule has 1 aliphatic rings. The Labute approximate surface area is 112 Å². The van der Waals surface area contributed by atoms with Crippen LogP contribution in [0, 0.1) is 15.9 Å². The third-order valence-corrected chi connectivity index (χ3v) is 3.32. The maximum Gasteiger partial charge on any atom is 0.294 e. The molecule has 96 valence electrons. The first kappa shape index (κ1) is 13.1. The van der Waals surface area contributed by atoms with E-state index in [2.05, 4.69) is 12.6 Å². The highest BCUT2D eigenvalue weighted by Crippen LogP contribution is 2.39. The molecule has 1 aromatic rings. The average Bonchev–Trinajstić information content (AvgIpc) is 2.61. The van der Waals surface area contributed by atoms with Gasteiger partial charge in [-0.1, -0.05) is 11.6 Å². The van der Waals surface area contributed by atoms with Crippen LogP contribution in [0.3, 0.4) is 0 Å². The lowest BCUT2D eigenvalue weighted by Crippen LogP contribution is -2.26. The minimum absolute atomic E-state index is 0.146. The predicted molar refractivity (Wildman–Crippen MR) is 67.8 cm³/mol. The summed E-state index contributed by atoms with van der Waals surface area (Å²) in [5, 5.41) is 10.2. The number of anilines is 1. The molecule has 0 spiro atoms. The smallest absolute Gasteiger partial charge is 0.294 e. The van der Waals surface area contributed by atoms with Gasteiger partial charge in [-0.15, -0.1) is 0 Å². The summed E-state index contributed by atoms with van der Waals surface area (Å²) >= 11 is 9.88. The molecule has 1 saturated heterocycles. The fourth-order valence-electron chi connectivity index (χ4n) is 1.84. The average molecular weight is 291 g/mol. The molecule has 1 heterocycles. The van der Waals surface area contributed by atoms with Gasteiger partial charge in [-0.3, -0.25) is 14.9 Å². The molecule has 1 aromatic carbocycles. The van der Waals surface area contributed by atoms with Crippen molar-refractivity contribution in [2.24, 2.45) is 0 Å². The van der Waals surface area contributed by atoms with Crippen LogP contribution in [0.1, 0.15) is 6.42 Å². The van der Waals surface area contributed by atoms with E-state index in [-0.39, 0.29) is 29.8 Å². The summed E-state index contributed by atoms with van der Waals surface area (Å²) < 4.78 is 13.4. The number of nitrogens with zero attached hydrogens (tertiary/aromatic N) is 2. The molecular formula is C10H8ClFN2O3S. The Bertz CT molecular complexity index is 540. The van der Waals surface area contributed by atoms with Gasteiger partial charge < -0.3 is 4.90 Å². The van der Waals surface area contributed by atoms with Gasteiger partial charge >= 0.3 is 0 Å². The molecule has 0 aliphatic carbocycles. The first-order chi connectivity index (χ1) is 8.41. The molecule has 0 bridgehead atoms. The quantitative estimate of drug-likeness (QED) is 0.517. The van der Waals surface area contributed by atoms with E-state index in [1.54, 1.807) is 0 Å². The SMILES string of the molecule is O=C1CC(S)CN1c1c([N+](=O)[O-])ccc(F)c1Cl. The van der Waals surface area contributed by atoms with E-state index in [0.29, 0.717) is 0 Å². The molecule has 1 unspecified atom stereocenters. The lowest BCUT2D eigenvalue weighted by atomic mass is 10.2. The monoisotopic (exact) mass is 290 g/mol. The lowest BCUT2D eigenvalue weighted by Gasteiger charge is -2.17. The number of halogens is 2. The molecule has 0 saturated carbocycles. The van der Waals surface area contributed by atoms with Crippen LogP contribution < -0.4 is 4.90 Å². The van der Waals surface area contributed by atoms with Crippen LogP contribution in [-0.2, 0) is 4.79 Å². The van der Waals surface area contributed by atoms with Crippen LogP contribution in [0.4, 0.5) is 15.8 Å². The van der Waals surface area contributed by atoms with Gasteiger partial charge in [-0.25, -0.2) is 4.39 Å². The molecule has 8 heteroatoms. The number of hydrogen-bond donors (Lipinski definition) is 1. The molecule has 1 fully saturated rings. The van der Waals surface area contributed by atoms with Crippen LogP contribution in [0.2, 0.25) is 5.02 Å². The van der Waals surface area contributed by atoms with Crippen molar-refractivity contribution in [3.05, 3.63) is 33.1 Å². The van der Waals surface area contributed by atoms with Crippen molar-refractivity contribution in [3.63, 3.8) is 0 Å². The number of benzene rings is 1. The second-order valence-corrected chi connectivity index (χ2v) is 4.96. The summed E-state index contributed by atoms with van der Waals surface area (Å²) in [7, 11) is 0. The number of thiol groups is 1. The summed E-state index contributed by atoms with van der Waals surface area (Å²) in [5.41, 5.74) is -0.583. The summed E-state index contributed by atoms with van der Waals surface area (Å²) in [6.45, 7) is 0.173. The van der Waals surface area contributed by atoms with Gasteiger partial charge in [0.2, 0.25) is 5.91 Å². The minimum Gasteiger partial charge on any atom is -0.304 e. The molecule has 1 amide bonds. The largest absolute Gasteiger partial charge is 0.304 e. The van der Waals surface area contributed by atoms with Crippen LogP contribution in [0.5, 0.6) is 0 Å². The van der Waals surface area contributed by atoms with Crippen molar-refractivity contribution in [3.8, 4) is 0 Å². The molecule has 0 N–H and O–H groups in total. The van der Waals surface area contributed by atoms with Crippen molar-refractivity contribution in [2.45, 2.75) is 11.7 Å². The van der Waals surface area contributed by atoms with Crippen LogP contribution >= 0.6 is 24.2 Å². The molecule has 1 aliphatic heterocycles. The van der Waals surface area contributed by atoms with Crippen LogP contribution in [0.25, 0.3) is 0 Å². The van der Waals surface area contributed by atoms with Gasteiger partial charge in [0.25, 0.3) is 5.69 Å². The topological polar surface area (TPSA) is 63.5 Å².